The number of rotatable bonds is 15. The summed E-state index contributed by atoms with van der Waals surface area (Å²) in [6.07, 6.45) is 15.5. The molecule has 0 spiro atoms. The number of nitrogens with zero attached hydrogens (tertiary/aromatic N) is 8. The van der Waals surface area contributed by atoms with Gasteiger partial charge in [0.25, 0.3) is 0 Å². The van der Waals surface area contributed by atoms with Gasteiger partial charge in [-0.15, -0.1) is 0 Å². The van der Waals surface area contributed by atoms with Crippen LogP contribution in [-0.4, -0.2) is 103 Å². The summed E-state index contributed by atoms with van der Waals surface area (Å²) in [7, 11) is 8.68. The number of benzene rings is 2. The molecule has 0 saturated heterocycles. The topological polar surface area (TPSA) is 187 Å². The van der Waals surface area contributed by atoms with Gasteiger partial charge >= 0.3 is 0 Å². The molecule has 2 saturated carbocycles. The third-order valence-electron chi connectivity index (χ3n) is 12.7. The van der Waals surface area contributed by atoms with Crippen molar-refractivity contribution in [3.8, 4) is 0 Å². The van der Waals surface area contributed by atoms with Crippen LogP contribution in [0.5, 0.6) is 0 Å². The first-order chi connectivity index (χ1) is 33.0. The molecule has 4 heterocycles. The second-order valence-corrected chi connectivity index (χ2v) is 19.3. The first kappa shape index (κ1) is 51.9. The number of nitrogens with one attached hydrogen (secondary N) is 5. The molecule has 17 heteroatoms. The van der Waals surface area contributed by atoms with Gasteiger partial charge in [0.05, 0.1) is 12.4 Å². The van der Waals surface area contributed by atoms with E-state index in [0.717, 1.165) is 94.5 Å². The average Bonchev–Trinajstić information content (AvgIpc) is 3.96. The van der Waals surface area contributed by atoms with Gasteiger partial charge in [-0.05, 0) is 152 Å². The molecule has 2 fully saturated rings. The number of anilines is 8. The Balaban J connectivity index is 0.000000208. The maximum absolute atomic E-state index is 11.7. The van der Waals surface area contributed by atoms with Crippen molar-refractivity contribution in [1.29, 1.82) is 0 Å². The van der Waals surface area contributed by atoms with Crippen LogP contribution in [0, 0.1) is 0 Å². The van der Waals surface area contributed by atoms with Crippen molar-refractivity contribution in [3.05, 3.63) is 109 Å². The molecule has 2 aromatic carbocycles. The van der Waals surface area contributed by atoms with E-state index in [9.17, 15) is 9.59 Å². The lowest BCUT2D eigenvalue weighted by molar-refractivity contribution is -0.112. The third-order valence-corrected chi connectivity index (χ3v) is 12.9. The maximum atomic E-state index is 11.7. The number of nitrogens with two attached hydrogens (primary N) is 1. The molecular formula is C52H71ClN14O2. The minimum absolute atomic E-state index is 0.243. The lowest BCUT2D eigenvalue weighted by Gasteiger charge is -2.33. The zero-order chi connectivity index (χ0) is 49.8. The van der Waals surface area contributed by atoms with Gasteiger partial charge in [0.2, 0.25) is 11.1 Å². The molecule has 368 valence electrons. The van der Waals surface area contributed by atoms with Crippen molar-refractivity contribution in [2.75, 3.05) is 60.5 Å². The summed E-state index contributed by atoms with van der Waals surface area (Å²) in [5, 5.41) is 25.8. The van der Waals surface area contributed by atoms with Crippen molar-refractivity contribution in [2.45, 2.75) is 115 Å². The quantitative estimate of drug-likeness (QED) is 0.0325. The molecule has 16 nitrogen and oxygen atoms in total. The van der Waals surface area contributed by atoms with Gasteiger partial charge in [-0.2, -0.15) is 19.2 Å². The summed E-state index contributed by atoms with van der Waals surface area (Å²) < 4.78 is 3.73. The molecule has 1 amide bonds. The molecule has 0 atom stereocenters. The molecule has 69 heavy (non-hydrogen) atoms. The number of halogens is 1. The van der Waals surface area contributed by atoms with Gasteiger partial charge in [-0.25, -0.2) is 9.97 Å². The third kappa shape index (κ3) is 14.3. The van der Waals surface area contributed by atoms with Crippen LogP contribution in [0.2, 0.25) is 0 Å². The van der Waals surface area contributed by atoms with Crippen molar-refractivity contribution in [2.24, 2.45) is 0 Å². The van der Waals surface area contributed by atoms with Gasteiger partial charge in [0.15, 0.2) is 11.3 Å². The summed E-state index contributed by atoms with van der Waals surface area (Å²) in [5.41, 5.74) is 13.1. The molecule has 0 aliphatic heterocycles. The summed E-state index contributed by atoms with van der Waals surface area (Å²) in [6, 6.07) is 21.6. The van der Waals surface area contributed by atoms with Crippen LogP contribution in [0.4, 0.5) is 46.0 Å². The van der Waals surface area contributed by atoms with E-state index < -0.39 is 5.24 Å². The minimum Gasteiger partial charge on any atom is -0.399 e. The van der Waals surface area contributed by atoms with E-state index in [1.54, 1.807) is 0 Å². The van der Waals surface area contributed by atoms with E-state index in [4.69, 9.17) is 27.3 Å². The monoisotopic (exact) mass is 959 g/mol. The molecule has 0 unspecified atom stereocenters. The van der Waals surface area contributed by atoms with Crippen LogP contribution in [0.15, 0.2) is 98.4 Å². The smallest absolute Gasteiger partial charge is 0.247 e. The first-order valence-electron chi connectivity index (χ1n) is 23.9. The van der Waals surface area contributed by atoms with Gasteiger partial charge in [-0.3, -0.25) is 9.59 Å². The highest BCUT2D eigenvalue weighted by molar-refractivity contribution is 6.66. The van der Waals surface area contributed by atoms with E-state index >= 15 is 0 Å². The lowest BCUT2D eigenvalue weighted by atomic mass is 9.90. The Hall–Kier alpha value is -6.49. The minimum atomic E-state index is -0.509. The van der Waals surface area contributed by atoms with Crippen LogP contribution in [0.1, 0.15) is 102 Å². The van der Waals surface area contributed by atoms with Crippen LogP contribution in [0.3, 0.4) is 0 Å². The van der Waals surface area contributed by atoms with Gasteiger partial charge in [0, 0.05) is 70.2 Å². The number of carbonyl (C=O) groups is 2. The van der Waals surface area contributed by atoms with E-state index in [1.807, 2.05) is 82.1 Å². The van der Waals surface area contributed by atoms with Crippen LogP contribution < -0.4 is 32.3 Å². The number of carbonyl (C=O) groups excluding carboxylic acids is 2. The van der Waals surface area contributed by atoms with Crippen LogP contribution in [0.25, 0.3) is 11.3 Å². The van der Waals surface area contributed by atoms with Crippen molar-refractivity contribution < 1.29 is 9.59 Å². The summed E-state index contributed by atoms with van der Waals surface area (Å²) >= 11 is 4.71. The second kappa shape index (κ2) is 24.2. The van der Waals surface area contributed by atoms with Gasteiger partial charge in [0.1, 0.15) is 23.3 Å². The van der Waals surface area contributed by atoms with E-state index in [-0.39, 0.29) is 5.91 Å². The lowest BCUT2D eigenvalue weighted by Crippen LogP contribution is -2.36. The highest BCUT2D eigenvalue weighted by atomic mass is 35.5. The largest absolute Gasteiger partial charge is 0.399 e. The number of nitrogen functional groups attached to an aromatic ring is 1. The SMILES string of the molecule is C=CC(=O)Cl.C=CC(=O)Nc1cccc(Nc2cc(NC3CCC(N(C)C)CC3)nc3c(C(C)C)cnn23)c1.CC(C)c1cnn2c(Nc3cccc(N)c3)cc(NC3CCC(N(C)C)CC3)nc12. The number of hydrogen-bond acceptors (Lipinski definition) is 13. The Morgan fingerprint density at radius 1 is 0.667 bits per heavy atom. The Morgan fingerprint density at radius 3 is 1.48 bits per heavy atom. The molecule has 4 aromatic heterocycles. The van der Waals surface area contributed by atoms with Crippen LogP contribution >= 0.6 is 11.6 Å². The number of allylic oxidation sites excluding steroid dienone is 1. The Kier molecular flexibility index (Phi) is 18.2. The van der Waals surface area contributed by atoms with Gasteiger partial charge < -0.3 is 42.1 Å². The highest BCUT2D eigenvalue weighted by Gasteiger charge is 2.25. The average molecular weight is 960 g/mol. The number of hydrogen-bond donors (Lipinski definition) is 6. The van der Waals surface area contributed by atoms with E-state index in [1.165, 1.54) is 31.8 Å². The number of fused-ring (bicyclic) bond motifs is 2. The van der Waals surface area contributed by atoms with Crippen molar-refractivity contribution in [1.82, 2.24) is 39.0 Å². The van der Waals surface area contributed by atoms with Crippen molar-refractivity contribution >= 4 is 80.1 Å². The Bertz CT molecular complexity index is 2670. The Morgan fingerprint density at radius 2 is 1.09 bits per heavy atom. The van der Waals surface area contributed by atoms with E-state index in [0.29, 0.717) is 41.7 Å². The first-order valence-corrected chi connectivity index (χ1v) is 24.3. The predicted octanol–water partition coefficient (Wildman–Crippen LogP) is 10.4. The van der Waals surface area contributed by atoms with Crippen LogP contribution in [-0.2, 0) is 9.59 Å². The molecule has 7 N–H and O–H groups in total. The zero-order valence-corrected chi connectivity index (χ0v) is 42.2. The zero-order valence-electron chi connectivity index (χ0n) is 41.5. The fourth-order valence-corrected chi connectivity index (χ4v) is 8.77. The number of aromatic nitrogens is 6. The maximum Gasteiger partial charge on any atom is 0.247 e. The molecule has 6 aromatic rings. The Labute approximate surface area is 412 Å². The second-order valence-electron chi connectivity index (χ2n) is 18.9. The highest BCUT2D eigenvalue weighted by Crippen LogP contribution is 2.31. The number of amides is 1. The molecule has 8 rings (SSSR count). The summed E-state index contributed by atoms with van der Waals surface area (Å²) in [6.45, 7) is 15.2. The summed E-state index contributed by atoms with van der Waals surface area (Å²) in [4.78, 5) is 35.7. The molecule has 2 aliphatic rings. The van der Waals surface area contributed by atoms with Crippen molar-refractivity contribution in [3.63, 3.8) is 0 Å². The predicted molar refractivity (Wildman–Crippen MR) is 285 cm³/mol. The molecule has 0 radical (unpaired) electrons. The standard InChI is InChI=1S/C26H35N7O.C23H33N7.C3H3ClO/c1-6-25(34)30-20-9-7-8-19(14-20)29-24-15-23(28-18-10-12-21(13-11-18)32(4)5)31-26-22(17(2)3)16-27-33(24)26;1-15(2)20-14-25-30-22(27-18-7-5-6-16(24)12-18)13-21(28-23(20)30)26-17-8-10-19(11-9-17)29(3)4;1-2-3(4)5/h6-9,14-18,21,29H,1,10-13H2,2-5H3,(H,28,31)(H,30,34);5-7,12-15,17,19,27H,8-11,24H2,1-4H3,(H,26,28);2H,1H2. The van der Waals surface area contributed by atoms with E-state index in [2.05, 4.69) is 116 Å². The fraction of sp³-hybridized carbons (Fsp3) is 0.423. The normalized spacial score (nSPS) is 18.0. The molecule has 0 bridgehead atoms. The summed E-state index contributed by atoms with van der Waals surface area (Å²) in [5.74, 6) is 3.84. The fourth-order valence-electron chi connectivity index (χ4n) is 8.77. The molecule has 2 aliphatic carbocycles. The van der Waals surface area contributed by atoms with Gasteiger partial charge in [-0.1, -0.05) is 53.0 Å². The molecular weight excluding hydrogens is 888 g/mol.